The number of hydrogen-bond donors (Lipinski definition) is 2. The number of aliphatic hydroxyl groups is 1. The molecule has 0 spiro atoms. The van der Waals surface area contributed by atoms with Crippen LogP contribution in [0.25, 0.3) is 0 Å². The van der Waals surface area contributed by atoms with Crippen LogP contribution in [0.15, 0.2) is 41.1 Å². The van der Waals surface area contributed by atoms with Gasteiger partial charge < -0.3 is 14.9 Å². The molecule has 0 aliphatic carbocycles. The molecule has 100 valence electrons. The molecular weight excluding hydrogens is 244 g/mol. The molecular formula is C14H16N2O3. The Hall–Kier alpha value is -2.14. The van der Waals surface area contributed by atoms with Gasteiger partial charge in [-0.15, -0.1) is 0 Å². The molecule has 2 rings (SSSR count). The second kappa shape index (κ2) is 6.15. The molecule has 0 fully saturated rings. The Balaban J connectivity index is 1.81. The first kappa shape index (κ1) is 13.3. The van der Waals surface area contributed by atoms with E-state index in [-0.39, 0.29) is 5.91 Å². The molecule has 0 saturated carbocycles. The first-order chi connectivity index (χ1) is 9.18. The third-order valence-electron chi connectivity index (χ3n) is 2.88. The maximum absolute atomic E-state index is 11.8. The van der Waals surface area contributed by atoms with Crippen molar-refractivity contribution >= 4 is 5.91 Å². The van der Waals surface area contributed by atoms with Gasteiger partial charge in [-0.25, -0.2) is 0 Å². The Morgan fingerprint density at radius 2 is 2.16 bits per heavy atom. The van der Waals surface area contributed by atoms with Gasteiger partial charge in [0.1, 0.15) is 11.3 Å². The monoisotopic (exact) mass is 260 g/mol. The van der Waals surface area contributed by atoms with Crippen molar-refractivity contribution in [3.8, 4) is 0 Å². The van der Waals surface area contributed by atoms with Crippen LogP contribution < -0.4 is 5.32 Å². The van der Waals surface area contributed by atoms with Gasteiger partial charge in [-0.05, 0) is 18.9 Å². The van der Waals surface area contributed by atoms with E-state index in [1.807, 2.05) is 30.3 Å². The lowest BCUT2D eigenvalue weighted by Crippen LogP contribution is -2.25. The number of amides is 1. The van der Waals surface area contributed by atoms with E-state index in [0.717, 1.165) is 5.56 Å². The first-order valence-corrected chi connectivity index (χ1v) is 6.11. The molecule has 0 radical (unpaired) electrons. The van der Waals surface area contributed by atoms with Gasteiger partial charge in [0.15, 0.2) is 0 Å². The third-order valence-corrected chi connectivity index (χ3v) is 2.88. The molecule has 19 heavy (non-hydrogen) atoms. The van der Waals surface area contributed by atoms with Gasteiger partial charge in [-0.3, -0.25) is 4.79 Å². The van der Waals surface area contributed by atoms with Crippen molar-refractivity contribution in [3.63, 3.8) is 0 Å². The summed E-state index contributed by atoms with van der Waals surface area (Å²) in [6.07, 6.45) is 1.27. The quantitative estimate of drug-likeness (QED) is 0.860. The molecule has 5 nitrogen and oxygen atoms in total. The zero-order chi connectivity index (χ0) is 13.7. The average molecular weight is 260 g/mol. The lowest BCUT2D eigenvalue weighted by atomic mass is 10.1. The molecule has 1 amide bonds. The zero-order valence-electron chi connectivity index (χ0n) is 10.7. The molecule has 5 heteroatoms. The molecule has 0 bridgehead atoms. The predicted octanol–water partition coefficient (Wildman–Crippen LogP) is 1.84. The summed E-state index contributed by atoms with van der Waals surface area (Å²) in [5.74, 6) is 0.250. The Bertz CT molecular complexity index is 537. The van der Waals surface area contributed by atoms with Crippen LogP contribution in [0.2, 0.25) is 0 Å². The van der Waals surface area contributed by atoms with Gasteiger partial charge in [-0.2, -0.15) is 0 Å². The topological polar surface area (TPSA) is 75.4 Å². The fourth-order valence-electron chi connectivity index (χ4n) is 1.78. The second-order valence-electron chi connectivity index (χ2n) is 4.27. The Kier molecular flexibility index (Phi) is 4.30. The molecule has 0 unspecified atom stereocenters. The van der Waals surface area contributed by atoms with Crippen molar-refractivity contribution in [1.82, 2.24) is 10.5 Å². The summed E-state index contributed by atoms with van der Waals surface area (Å²) in [7, 11) is 0. The number of aromatic nitrogens is 1. The highest BCUT2D eigenvalue weighted by atomic mass is 16.5. The normalized spacial score (nSPS) is 12.1. The second-order valence-corrected chi connectivity index (χ2v) is 4.27. The van der Waals surface area contributed by atoms with Crippen LogP contribution in [0.3, 0.4) is 0 Å². The third kappa shape index (κ3) is 3.42. The number of rotatable bonds is 5. The maximum atomic E-state index is 11.8. The van der Waals surface area contributed by atoms with Crippen molar-refractivity contribution in [3.05, 3.63) is 53.4 Å². The number of hydrogen-bond acceptors (Lipinski definition) is 4. The van der Waals surface area contributed by atoms with Gasteiger partial charge in [0.05, 0.1) is 12.3 Å². The number of aliphatic hydroxyl groups excluding tert-OH is 1. The van der Waals surface area contributed by atoms with E-state index in [0.29, 0.717) is 24.3 Å². The molecule has 1 aromatic carbocycles. The molecule has 2 aromatic rings. The van der Waals surface area contributed by atoms with E-state index >= 15 is 0 Å². The predicted molar refractivity (Wildman–Crippen MR) is 69.6 cm³/mol. The van der Waals surface area contributed by atoms with Crippen LogP contribution in [-0.4, -0.2) is 22.7 Å². The van der Waals surface area contributed by atoms with Crippen LogP contribution >= 0.6 is 0 Å². The summed E-state index contributed by atoms with van der Waals surface area (Å²) in [6.45, 7) is 2.07. The summed E-state index contributed by atoms with van der Waals surface area (Å²) in [6, 6.07) is 9.36. The van der Waals surface area contributed by atoms with Crippen molar-refractivity contribution < 1.29 is 14.4 Å². The van der Waals surface area contributed by atoms with E-state index in [4.69, 9.17) is 4.52 Å². The minimum absolute atomic E-state index is 0.237. The molecule has 1 atom stereocenters. The van der Waals surface area contributed by atoms with Gasteiger partial charge in [0.2, 0.25) is 0 Å². The van der Waals surface area contributed by atoms with Crippen LogP contribution in [0.5, 0.6) is 0 Å². The van der Waals surface area contributed by atoms with Gasteiger partial charge >= 0.3 is 0 Å². The number of carbonyl (C=O) groups is 1. The minimum Gasteiger partial charge on any atom is -0.388 e. The molecule has 2 N–H and O–H groups in total. The highest BCUT2D eigenvalue weighted by Crippen LogP contribution is 2.15. The lowest BCUT2D eigenvalue weighted by Gasteiger charge is -2.11. The van der Waals surface area contributed by atoms with Crippen LogP contribution in [0, 0.1) is 6.92 Å². The van der Waals surface area contributed by atoms with Crippen LogP contribution in [0.1, 0.15) is 34.2 Å². The molecule has 1 aromatic heterocycles. The standard InChI is InChI=1S/C14H16N2O3/c1-10-12(9-16-19-10)14(18)15-8-7-13(17)11-5-3-2-4-6-11/h2-6,9,13,17H,7-8H2,1H3,(H,15,18)/t13-/m1/s1. The Labute approximate surface area is 111 Å². The number of benzene rings is 1. The van der Waals surface area contributed by atoms with Gasteiger partial charge in [0, 0.05) is 6.54 Å². The largest absolute Gasteiger partial charge is 0.388 e. The van der Waals surface area contributed by atoms with Crippen molar-refractivity contribution in [2.24, 2.45) is 0 Å². The van der Waals surface area contributed by atoms with E-state index in [2.05, 4.69) is 10.5 Å². The fourth-order valence-corrected chi connectivity index (χ4v) is 1.78. The molecule has 1 heterocycles. The zero-order valence-corrected chi connectivity index (χ0v) is 10.7. The summed E-state index contributed by atoms with van der Waals surface area (Å²) in [5, 5.41) is 16.2. The number of carbonyl (C=O) groups excluding carboxylic acids is 1. The highest BCUT2D eigenvalue weighted by molar-refractivity contribution is 5.94. The summed E-state index contributed by atoms with van der Waals surface area (Å²) in [5.41, 5.74) is 1.27. The van der Waals surface area contributed by atoms with Crippen molar-refractivity contribution in [2.75, 3.05) is 6.54 Å². The molecule has 0 saturated heterocycles. The van der Waals surface area contributed by atoms with E-state index < -0.39 is 6.10 Å². The summed E-state index contributed by atoms with van der Waals surface area (Å²) in [4.78, 5) is 11.8. The van der Waals surface area contributed by atoms with Crippen molar-refractivity contribution in [2.45, 2.75) is 19.4 Å². The maximum Gasteiger partial charge on any atom is 0.256 e. The Morgan fingerprint density at radius 3 is 2.79 bits per heavy atom. The Morgan fingerprint density at radius 1 is 1.42 bits per heavy atom. The van der Waals surface area contributed by atoms with Gasteiger partial charge in [-0.1, -0.05) is 35.5 Å². The average Bonchev–Trinajstić information content (AvgIpc) is 2.86. The fraction of sp³-hybridized carbons (Fsp3) is 0.286. The number of nitrogens with one attached hydrogen (secondary N) is 1. The molecule has 0 aliphatic rings. The van der Waals surface area contributed by atoms with E-state index in [9.17, 15) is 9.90 Å². The highest BCUT2D eigenvalue weighted by Gasteiger charge is 2.13. The summed E-state index contributed by atoms with van der Waals surface area (Å²) >= 11 is 0. The number of aryl methyl sites for hydroxylation is 1. The molecule has 0 aliphatic heterocycles. The van der Waals surface area contributed by atoms with E-state index in [1.54, 1.807) is 6.92 Å². The summed E-state index contributed by atoms with van der Waals surface area (Å²) < 4.78 is 4.82. The smallest absolute Gasteiger partial charge is 0.256 e. The van der Waals surface area contributed by atoms with Gasteiger partial charge in [0.25, 0.3) is 5.91 Å². The van der Waals surface area contributed by atoms with Crippen LogP contribution in [0.4, 0.5) is 0 Å². The SMILES string of the molecule is Cc1oncc1C(=O)NCC[C@@H](O)c1ccccc1. The van der Waals surface area contributed by atoms with Crippen LogP contribution in [-0.2, 0) is 0 Å². The van der Waals surface area contributed by atoms with Crippen molar-refractivity contribution in [1.29, 1.82) is 0 Å². The first-order valence-electron chi connectivity index (χ1n) is 6.11. The van der Waals surface area contributed by atoms with E-state index in [1.165, 1.54) is 6.20 Å². The lowest BCUT2D eigenvalue weighted by molar-refractivity contribution is 0.0941. The number of nitrogens with zero attached hydrogens (tertiary/aromatic N) is 1. The minimum atomic E-state index is -0.579.